The molecular weight excluding hydrogens is 233 g/mol. The third kappa shape index (κ3) is 2.37. The van der Waals surface area contributed by atoms with Crippen LogP contribution in [0.1, 0.15) is 24.5 Å². The summed E-state index contributed by atoms with van der Waals surface area (Å²) < 4.78 is 18.7. The summed E-state index contributed by atoms with van der Waals surface area (Å²) in [5.41, 5.74) is 2.61. The molecule has 0 aliphatic carbocycles. The van der Waals surface area contributed by atoms with E-state index in [1.165, 1.54) is 6.07 Å². The number of esters is 1. The predicted octanol–water partition coefficient (Wildman–Crippen LogP) is 3.11. The molecule has 1 N–H and O–H groups in total. The molecule has 96 valence electrons. The summed E-state index contributed by atoms with van der Waals surface area (Å²) >= 11 is 0. The van der Waals surface area contributed by atoms with Crippen molar-refractivity contribution in [2.45, 2.75) is 26.7 Å². The van der Waals surface area contributed by atoms with Crippen LogP contribution in [0.15, 0.2) is 18.3 Å². The van der Waals surface area contributed by atoms with Crippen LogP contribution in [0.4, 0.5) is 4.39 Å². The molecule has 0 saturated carbocycles. The number of aromatic nitrogens is 1. The maximum Gasteiger partial charge on any atom is 0.306 e. The van der Waals surface area contributed by atoms with Gasteiger partial charge in [0.1, 0.15) is 5.82 Å². The van der Waals surface area contributed by atoms with Gasteiger partial charge in [-0.3, -0.25) is 4.79 Å². The number of nitrogens with one attached hydrogen (secondary N) is 1. The van der Waals surface area contributed by atoms with E-state index in [-0.39, 0.29) is 18.2 Å². The van der Waals surface area contributed by atoms with Crippen molar-refractivity contribution < 1.29 is 13.9 Å². The first kappa shape index (κ1) is 12.6. The lowest BCUT2D eigenvalue weighted by Crippen LogP contribution is -2.05. The molecule has 2 rings (SSSR count). The zero-order valence-electron chi connectivity index (χ0n) is 10.5. The molecular formula is C14H16FNO2. The standard InChI is InChI=1S/C14H16FNO2/c1-3-18-12(17)7-5-10-8-16-14-9(2)4-6-11(15)13(10)14/h4,6,8,16H,3,5,7H2,1-2H3. The lowest BCUT2D eigenvalue weighted by atomic mass is 10.1. The van der Waals surface area contributed by atoms with Crippen LogP contribution in [0.5, 0.6) is 0 Å². The summed E-state index contributed by atoms with van der Waals surface area (Å²) in [4.78, 5) is 14.4. The molecule has 0 bridgehead atoms. The molecule has 0 aliphatic heterocycles. The molecule has 0 fully saturated rings. The minimum Gasteiger partial charge on any atom is -0.466 e. The number of rotatable bonds is 4. The van der Waals surface area contributed by atoms with Crippen LogP contribution in [0.3, 0.4) is 0 Å². The largest absolute Gasteiger partial charge is 0.466 e. The number of hydrogen-bond donors (Lipinski definition) is 1. The first-order valence-corrected chi connectivity index (χ1v) is 6.04. The lowest BCUT2D eigenvalue weighted by molar-refractivity contribution is -0.143. The van der Waals surface area contributed by atoms with Crippen molar-refractivity contribution >= 4 is 16.9 Å². The first-order valence-electron chi connectivity index (χ1n) is 6.04. The summed E-state index contributed by atoms with van der Waals surface area (Å²) in [6, 6.07) is 3.20. The Morgan fingerprint density at radius 3 is 2.94 bits per heavy atom. The number of aromatic amines is 1. The summed E-state index contributed by atoms with van der Waals surface area (Å²) in [6.45, 7) is 4.07. The Kier molecular flexibility index (Phi) is 3.65. The molecule has 0 spiro atoms. The van der Waals surface area contributed by atoms with E-state index in [0.29, 0.717) is 18.4 Å². The van der Waals surface area contributed by atoms with Crippen molar-refractivity contribution in [2.24, 2.45) is 0 Å². The van der Waals surface area contributed by atoms with E-state index in [9.17, 15) is 9.18 Å². The number of carbonyl (C=O) groups is 1. The highest BCUT2D eigenvalue weighted by atomic mass is 19.1. The Morgan fingerprint density at radius 1 is 1.44 bits per heavy atom. The second-order valence-corrected chi connectivity index (χ2v) is 4.23. The second kappa shape index (κ2) is 5.21. The normalized spacial score (nSPS) is 10.8. The molecule has 18 heavy (non-hydrogen) atoms. The Morgan fingerprint density at radius 2 is 2.22 bits per heavy atom. The maximum atomic E-state index is 13.8. The number of aryl methyl sites for hydroxylation is 2. The molecule has 2 aromatic rings. The number of fused-ring (bicyclic) bond motifs is 1. The predicted molar refractivity (Wildman–Crippen MR) is 67.9 cm³/mol. The van der Waals surface area contributed by atoms with Crippen LogP contribution in [0.25, 0.3) is 10.9 Å². The minimum atomic E-state index is -0.254. The van der Waals surface area contributed by atoms with E-state index in [1.54, 1.807) is 19.2 Å². The Hall–Kier alpha value is -1.84. The van der Waals surface area contributed by atoms with Crippen LogP contribution < -0.4 is 0 Å². The lowest BCUT2D eigenvalue weighted by Gasteiger charge is -2.02. The van der Waals surface area contributed by atoms with Crippen LogP contribution in [0, 0.1) is 12.7 Å². The van der Waals surface area contributed by atoms with Gasteiger partial charge in [-0.05, 0) is 37.5 Å². The topological polar surface area (TPSA) is 42.1 Å². The van der Waals surface area contributed by atoms with Crippen molar-refractivity contribution in [3.05, 3.63) is 35.3 Å². The fourth-order valence-corrected chi connectivity index (χ4v) is 2.08. The van der Waals surface area contributed by atoms with E-state index in [2.05, 4.69) is 4.98 Å². The SMILES string of the molecule is CCOC(=O)CCc1c[nH]c2c(C)ccc(F)c12. The first-order chi connectivity index (χ1) is 8.63. The average Bonchev–Trinajstić information content (AvgIpc) is 2.77. The molecule has 3 nitrogen and oxygen atoms in total. The van der Waals surface area contributed by atoms with Gasteiger partial charge in [0.15, 0.2) is 0 Å². The van der Waals surface area contributed by atoms with Gasteiger partial charge in [0.25, 0.3) is 0 Å². The average molecular weight is 249 g/mol. The summed E-state index contributed by atoms with van der Waals surface area (Å²) in [5, 5.41) is 0.583. The van der Waals surface area contributed by atoms with Crippen molar-refractivity contribution in [2.75, 3.05) is 6.61 Å². The van der Waals surface area contributed by atoms with Crippen LogP contribution >= 0.6 is 0 Å². The van der Waals surface area contributed by atoms with Gasteiger partial charge >= 0.3 is 5.97 Å². The van der Waals surface area contributed by atoms with Crippen LogP contribution in [-0.2, 0) is 16.0 Å². The molecule has 0 unspecified atom stereocenters. The monoisotopic (exact) mass is 249 g/mol. The zero-order chi connectivity index (χ0) is 13.1. The third-order valence-electron chi connectivity index (χ3n) is 2.98. The van der Waals surface area contributed by atoms with Crippen molar-refractivity contribution in [3.63, 3.8) is 0 Å². The van der Waals surface area contributed by atoms with Crippen LogP contribution in [0.2, 0.25) is 0 Å². The van der Waals surface area contributed by atoms with Crippen LogP contribution in [-0.4, -0.2) is 17.6 Å². The van der Waals surface area contributed by atoms with E-state index in [4.69, 9.17) is 4.74 Å². The highest BCUT2D eigenvalue weighted by Crippen LogP contribution is 2.25. The molecule has 0 amide bonds. The molecule has 1 aromatic carbocycles. The zero-order valence-corrected chi connectivity index (χ0v) is 10.5. The number of H-pyrrole nitrogens is 1. The van der Waals surface area contributed by atoms with Crippen molar-refractivity contribution in [3.8, 4) is 0 Å². The number of halogens is 1. The molecule has 4 heteroatoms. The molecule has 1 aromatic heterocycles. The summed E-state index contributed by atoms with van der Waals surface area (Å²) in [5.74, 6) is -0.504. The summed E-state index contributed by atoms with van der Waals surface area (Å²) in [7, 11) is 0. The van der Waals surface area contributed by atoms with E-state index in [0.717, 1.165) is 16.6 Å². The number of hydrogen-bond acceptors (Lipinski definition) is 2. The molecule has 0 saturated heterocycles. The second-order valence-electron chi connectivity index (χ2n) is 4.23. The minimum absolute atomic E-state index is 0.250. The highest BCUT2D eigenvalue weighted by molar-refractivity contribution is 5.87. The smallest absolute Gasteiger partial charge is 0.306 e. The molecule has 0 radical (unpaired) electrons. The maximum absolute atomic E-state index is 13.8. The quantitative estimate of drug-likeness (QED) is 0.846. The Labute approximate surface area is 105 Å². The number of benzene rings is 1. The Bertz CT molecular complexity index is 574. The van der Waals surface area contributed by atoms with Gasteiger partial charge in [0.05, 0.1) is 12.1 Å². The van der Waals surface area contributed by atoms with Crippen molar-refractivity contribution in [1.82, 2.24) is 4.98 Å². The van der Waals surface area contributed by atoms with Gasteiger partial charge in [-0.2, -0.15) is 0 Å². The van der Waals surface area contributed by atoms with E-state index >= 15 is 0 Å². The van der Waals surface area contributed by atoms with Crippen molar-refractivity contribution in [1.29, 1.82) is 0 Å². The van der Waals surface area contributed by atoms with Gasteiger partial charge in [-0.1, -0.05) is 6.07 Å². The molecule has 0 atom stereocenters. The fourth-order valence-electron chi connectivity index (χ4n) is 2.08. The molecule has 1 heterocycles. The summed E-state index contributed by atoms with van der Waals surface area (Å²) in [6.07, 6.45) is 2.52. The number of ether oxygens (including phenoxy) is 1. The number of carbonyl (C=O) groups excluding carboxylic acids is 1. The third-order valence-corrected chi connectivity index (χ3v) is 2.98. The van der Waals surface area contributed by atoms with Gasteiger partial charge in [0.2, 0.25) is 0 Å². The molecule has 0 aliphatic rings. The fraction of sp³-hybridized carbons (Fsp3) is 0.357. The Balaban J connectivity index is 2.24. The van der Waals surface area contributed by atoms with Gasteiger partial charge in [0, 0.05) is 18.0 Å². The van der Waals surface area contributed by atoms with E-state index < -0.39 is 0 Å². The van der Waals surface area contributed by atoms with Gasteiger partial charge in [-0.15, -0.1) is 0 Å². The highest BCUT2D eigenvalue weighted by Gasteiger charge is 2.12. The van der Waals surface area contributed by atoms with Gasteiger partial charge < -0.3 is 9.72 Å². The van der Waals surface area contributed by atoms with Gasteiger partial charge in [-0.25, -0.2) is 4.39 Å². The van der Waals surface area contributed by atoms with E-state index in [1.807, 2.05) is 6.92 Å².